The lowest BCUT2D eigenvalue weighted by Gasteiger charge is -2.44. The molecule has 4 heteroatoms. The molecule has 3 atom stereocenters. The molecule has 0 aromatic heterocycles. The van der Waals surface area contributed by atoms with Crippen molar-refractivity contribution in [1.29, 1.82) is 0 Å². The van der Waals surface area contributed by atoms with Crippen LogP contribution < -0.4 is 0 Å². The Morgan fingerprint density at radius 3 is 3.11 bits per heavy atom. The third-order valence-corrected chi connectivity index (χ3v) is 5.96. The maximum Gasteiger partial charge on any atom is 0.124 e. The van der Waals surface area contributed by atoms with Gasteiger partial charge in [-0.3, -0.25) is 4.90 Å². The summed E-state index contributed by atoms with van der Waals surface area (Å²) in [4.78, 5) is 13.5. The van der Waals surface area contributed by atoms with Crippen LogP contribution >= 0.6 is 11.8 Å². The van der Waals surface area contributed by atoms with Crippen molar-refractivity contribution in [2.75, 3.05) is 31.2 Å². The quantitative estimate of drug-likeness (QED) is 0.717. The average Bonchev–Trinajstić information content (AvgIpc) is 2.87. The molecule has 0 aliphatic carbocycles. The summed E-state index contributed by atoms with van der Waals surface area (Å²) in [6, 6.07) is 0.653. The molecule has 0 aromatic rings. The van der Waals surface area contributed by atoms with Crippen molar-refractivity contribution in [2.24, 2.45) is 5.92 Å². The van der Waals surface area contributed by atoms with Crippen molar-refractivity contribution >= 4 is 18.0 Å². The van der Waals surface area contributed by atoms with Crippen LogP contribution in [0.15, 0.2) is 0 Å². The van der Waals surface area contributed by atoms with Gasteiger partial charge in [0, 0.05) is 30.9 Å². The minimum atomic E-state index is 0.168. The molecule has 3 fully saturated rings. The molecule has 3 unspecified atom stereocenters. The van der Waals surface area contributed by atoms with E-state index in [2.05, 4.69) is 4.90 Å². The van der Waals surface area contributed by atoms with E-state index in [1.165, 1.54) is 37.3 Å². The highest BCUT2D eigenvalue weighted by Gasteiger charge is 2.42. The highest BCUT2D eigenvalue weighted by atomic mass is 32.2. The predicted octanol–water partition coefficient (Wildman–Crippen LogP) is 1.95. The smallest absolute Gasteiger partial charge is 0.124 e. The summed E-state index contributed by atoms with van der Waals surface area (Å²) in [5.41, 5.74) is 0.168. The Morgan fingerprint density at radius 2 is 2.33 bits per heavy atom. The van der Waals surface area contributed by atoms with Crippen LogP contribution in [0, 0.1) is 5.92 Å². The largest absolute Gasteiger partial charge is 0.374 e. The fourth-order valence-corrected chi connectivity index (χ4v) is 5.04. The Balaban J connectivity index is 1.63. The van der Waals surface area contributed by atoms with E-state index in [1.807, 2.05) is 11.8 Å². The van der Waals surface area contributed by atoms with Gasteiger partial charge in [0.15, 0.2) is 0 Å². The summed E-state index contributed by atoms with van der Waals surface area (Å²) < 4.78 is 6.08. The summed E-state index contributed by atoms with van der Waals surface area (Å²) >= 11 is 2.03. The lowest BCUT2D eigenvalue weighted by Crippen LogP contribution is -2.51. The number of thioether (sulfide) groups is 1. The van der Waals surface area contributed by atoms with Crippen molar-refractivity contribution in [3.63, 3.8) is 0 Å². The number of piperidine rings is 1. The van der Waals surface area contributed by atoms with Crippen molar-refractivity contribution in [3.8, 4) is 0 Å². The Labute approximate surface area is 114 Å². The first-order valence-corrected chi connectivity index (χ1v) is 8.38. The van der Waals surface area contributed by atoms with Crippen LogP contribution in [-0.2, 0) is 9.53 Å². The molecule has 1 spiro atoms. The fourth-order valence-electron chi connectivity index (χ4n) is 3.66. The lowest BCUT2D eigenvalue weighted by atomic mass is 9.87. The number of aldehydes is 1. The van der Waals surface area contributed by atoms with Gasteiger partial charge >= 0.3 is 0 Å². The van der Waals surface area contributed by atoms with Crippen LogP contribution in [0.25, 0.3) is 0 Å². The fraction of sp³-hybridized carbons (Fsp3) is 0.929. The second-order valence-electron chi connectivity index (χ2n) is 6.01. The summed E-state index contributed by atoms with van der Waals surface area (Å²) in [5.74, 6) is 2.70. The van der Waals surface area contributed by atoms with Gasteiger partial charge in [-0.2, -0.15) is 11.8 Å². The first kappa shape index (κ1) is 12.9. The normalized spacial score (nSPS) is 42.2. The summed E-state index contributed by atoms with van der Waals surface area (Å²) in [6.07, 6.45) is 6.99. The third kappa shape index (κ3) is 2.61. The SMILES string of the molecule is O=CC1CCCN(C2CCOC3(CCSC3)C2)C1. The molecule has 3 saturated heterocycles. The Morgan fingerprint density at radius 1 is 1.39 bits per heavy atom. The Bertz CT molecular complexity index is 304. The standard InChI is InChI=1S/C14H23NO2S/c16-10-12-2-1-5-15(9-12)13-3-6-17-14(8-13)4-7-18-11-14/h10,12-13H,1-9,11H2. The molecule has 0 amide bonds. The summed E-state index contributed by atoms with van der Waals surface area (Å²) in [5, 5.41) is 0. The topological polar surface area (TPSA) is 29.5 Å². The maximum atomic E-state index is 11.0. The van der Waals surface area contributed by atoms with Crippen LogP contribution in [0.4, 0.5) is 0 Å². The van der Waals surface area contributed by atoms with Crippen LogP contribution in [0.2, 0.25) is 0 Å². The highest BCUT2D eigenvalue weighted by molar-refractivity contribution is 7.99. The van der Waals surface area contributed by atoms with Gasteiger partial charge in [0.1, 0.15) is 6.29 Å². The van der Waals surface area contributed by atoms with Gasteiger partial charge in [0.2, 0.25) is 0 Å². The van der Waals surface area contributed by atoms with Gasteiger partial charge in [-0.15, -0.1) is 0 Å². The number of hydrogen-bond acceptors (Lipinski definition) is 4. The molecule has 3 nitrogen and oxygen atoms in total. The minimum absolute atomic E-state index is 0.168. The molecule has 0 bridgehead atoms. The van der Waals surface area contributed by atoms with Crippen LogP contribution in [0.3, 0.4) is 0 Å². The molecule has 102 valence electrons. The summed E-state index contributed by atoms with van der Waals surface area (Å²) in [6.45, 7) is 3.07. The van der Waals surface area contributed by atoms with Crippen molar-refractivity contribution in [2.45, 2.75) is 43.7 Å². The molecule has 0 aromatic carbocycles. The number of carbonyl (C=O) groups is 1. The van der Waals surface area contributed by atoms with Gasteiger partial charge in [-0.25, -0.2) is 0 Å². The van der Waals surface area contributed by atoms with E-state index in [1.54, 1.807) is 0 Å². The lowest BCUT2D eigenvalue weighted by molar-refractivity contribution is -0.115. The average molecular weight is 269 g/mol. The van der Waals surface area contributed by atoms with Crippen molar-refractivity contribution < 1.29 is 9.53 Å². The van der Waals surface area contributed by atoms with Crippen LogP contribution in [0.5, 0.6) is 0 Å². The van der Waals surface area contributed by atoms with Crippen molar-refractivity contribution in [3.05, 3.63) is 0 Å². The monoisotopic (exact) mass is 269 g/mol. The molecular weight excluding hydrogens is 246 g/mol. The van der Waals surface area contributed by atoms with Gasteiger partial charge in [0.25, 0.3) is 0 Å². The van der Waals surface area contributed by atoms with E-state index in [0.717, 1.165) is 32.3 Å². The third-order valence-electron chi connectivity index (χ3n) is 4.73. The van der Waals surface area contributed by atoms with E-state index in [0.29, 0.717) is 6.04 Å². The van der Waals surface area contributed by atoms with E-state index >= 15 is 0 Å². The van der Waals surface area contributed by atoms with Crippen molar-refractivity contribution in [1.82, 2.24) is 4.90 Å². The zero-order valence-electron chi connectivity index (χ0n) is 11.0. The molecule has 3 aliphatic heterocycles. The number of hydrogen-bond donors (Lipinski definition) is 0. The molecule has 3 rings (SSSR count). The molecule has 0 saturated carbocycles. The molecular formula is C14H23NO2S. The Kier molecular flexibility index (Phi) is 3.97. The number of rotatable bonds is 2. The zero-order valence-corrected chi connectivity index (χ0v) is 11.8. The van der Waals surface area contributed by atoms with Crippen LogP contribution in [0.1, 0.15) is 32.1 Å². The molecule has 0 radical (unpaired) electrons. The van der Waals surface area contributed by atoms with Crippen LogP contribution in [-0.4, -0.2) is 54.0 Å². The van der Waals surface area contributed by atoms with E-state index in [4.69, 9.17) is 4.74 Å². The Hall–Kier alpha value is -0.0600. The molecule has 0 N–H and O–H groups in total. The minimum Gasteiger partial charge on any atom is -0.374 e. The van der Waals surface area contributed by atoms with Gasteiger partial charge in [0.05, 0.1) is 5.60 Å². The van der Waals surface area contributed by atoms with Gasteiger partial charge in [-0.05, 0) is 44.4 Å². The molecule has 3 aliphatic rings. The van der Waals surface area contributed by atoms with E-state index < -0.39 is 0 Å². The highest BCUT2D eigenvalue weighted by Crippen LogP contribution is 2.40. The second-order valence-corrected chi connectivity index (χ2v) is 7.12. The number of nitrogens with zero attached hydrogens (tertiary/aromatic N) is 1. The first-order valence-electron chi connectivity index (χ1n) is 7.22. The predicted molar refractivity (Wildman–Crippen MR) is 74.0 cm³/mol. The van der Waals surface area contributed by atoms with Gasteiger partial charge in [-0.1, -0.05) is 0 Å². The second kappa shape index (κ2) is 5.51. The van der Waals surface area contributed by atoms with Gasteiger partial charge < -0.3 is 9.53 Å². The summed E-state index contributed by atoms with van der Waals surface area (Å²) in [7, 11) is 0. The molecule has 18 heavy (non-hydrogen) atoms. The maximum absolute atomic E-state index is 11.0. The number of carbonyl (C=O) groups excluding carboxylic acids is 1. The number of likely N-dealkylation sites (tertiary alicyclic amines) is 1. The first-order chi connectivity index (χ1) is 8.81. The molecule has 3 heterocycles. The van der Waals surface area contributed by atoms with E-state index in [-0.39, 0.29) is 11.5 Å². The number of ether oxygens (including phenoxy) is 1. The zero-order chi connectivity index (χ0) is 12.4. The van der Waals surface area contributed by atoms with E-state index in [9.17, 15) is 4.79 Å².